The lowest BCUT2D eigenvalue weighted by Crippen LogP contribution is -2.49. The molecule has 0 aromatic carbocycles. The minimum absolute atomic E-state index is 0. The summed E-state index contributed by atoms with van der Waals surface area (Å²) < 4.78 is 0. The lowest BCUT2D eigenvalue weighted by Gasteiger charge is -2.34. The highest BCUT2D eigenvalue weighted by Gasteiger charge is 2.19. The number of carbonyl (C=O) groups excluding carboxylic acids is 2. The third kappa shape index (κ3) is 7.24. The molecule has 3 rings (SSSR count). The highest BCUT2D eigenvalue weighted by atomic mass is 35.5. The molecule has 1 N–H and O–H groups in total. The van der Waals surface area contributed by atoms with Crippen molar-refractivity contribution in [2.75, 3.05) is 39.3 Å². The quantitative estimate of drug-likeness (QED) is 0.676. The topological polar surface area (TPSA) is 52.7 Å². The Morgan fingerprint density at radius 1 is 0.964 bits per heavy atom. The van der Waals surface area contributed by atoms with Gasteiger partial charge in [-0.1, -0.05) is 12.1 Å². The summed E-state index contributed by atoms with van der Waals surface area (Å²) in [5, 5.41) is 6.89. The lowest BCUT2D eigenvalue weighted by atomic mass is 10.3. The van der Waals surface area contributed by atoms with Gasteiger partial charge < -0.3 is 10.2 Å². The molecule has 0 atom stereocenters. The number of carbonyl (C=O) groups is 2. The molecule has 0 unspecified atom stereocenters. The summed E-state index contributed by atoms with van der Waals surface area (Å²) in [5.41, 5.74) is 0. The highest BCUT2D eigenvalue weighted by Crippen LogP contribution is 2.11. The zero-order valence-corrected chi connectivity index (χ0v) is 17.9. The fourth-order valence-corrected chi connectivity index (χ4v) is 4.01. The number of hydrogen-bond donors (Lipinski definition) is 1. The third-order valence-corrected chi connectivity index (χ3v) is 5.96. The zero-order valence-electron chi connectivity index (χ0n) is 15.5. The maximum absolute atomic E-state index is 12.2. The van der Waals surface area contributed by atoms with Gasteiger partial charge in [-0.3, -0.25) is 14.5 Å². The second kappa shape index (κ2) is 11.8. The van der Waals surface area contributed by atoms with Gasteiger partial charge in [0.05, 0.1) is 0 Å². The number of amides is 2. The largest absolute Gasteiger partial charge is 0.351 e. The van der Waals surface area contributed by atoms with Gasteiger partial charge in [0.1, 0.15) is 0 Å². The van der Waals surface area contributed by atoms with Crippen LogP contribution in [0.15, 0.2) is 47.2 Å². The molecule has 3 heterocycles. The van der Waals surface area contributed by atoms with Gasteiger partial charge in [-0.05, 0) is 35.0 Å². The SMILES string of the molecule is Cl.O=C(/C=C/c1cccs1)NCCN1CCN(C(=O)/C=C/c2cccs2)CC1. The molecular formula is C20H24ClN3O2S2. The van der Waals surface area contributed by atoms with E-state index in [1.54, 1.807) is 34.8 Å². The average molecular weight is 438 g/mol. The van der Waals surface area contributed by atoms with Crippen molar-refractivity contribution in [1.82, 2.24) is 15.1 Å². The van der Waals surface area contributed by atoms with Crippen LogP contribution in [0, 0.1) is 0 Å². The first-order chi connectivity index (χ1) is 13.2. The molecule has 0 spiro atoms. The van der Waals surface area contributed by atoms with E-state index in [2.05, 4.69) is 10.2 Å². The van der Waals surface area contributed by atoms with Crippen molar-refractivity contribution in [3.63, 3.8) is 0 Å². The minimum Gasteiger partial charge on any atom is -0.351 e. The van der Waals surface area contributed by atoms with Gasteiger partial charge in [0.25, 0.3) is 0 Å². The van der Waals surface area contributed by atoms with Crippen LogP contribution < -0.4 is 5.32 Å². The van der Waals surface area contributed by atoms with E-state index in [0.717, 1.165) is 42.5 Å². The van der Waals surface area contributed by atoms with E-state index in [4.69, 9.17) is 0 Å². The lowest BCUT2D eigenvalue weighted by molar-refractivity contribution is -0.127. The van der Waals surface area contributed by atoms with Gasteiger partial charge in [-0.2, -0.15) is 0 Å². The second-order valence-corrected chi connectivity index (χ2v) is 8.11. The number of nitrogens with zero attached hydrogens (tertiary/aromatic N) is 2. The van der Waals surface area contributed by atoms with Crippen molar-refractivity contribution in [2.24, 2.45) is 0 Å². The van der Waals surface area contributed by atoms with Crippen LogP contribution >= 0.6 is 35.1 Å². The van der Waals surface area contributed by atoms with E-state index in [1.807, 2.05) is 52.1 Å². The van der Waals surface area contributed by atoms with Crippen LogP contribution in [0.4, 0.5) is 0 Å². The Morgan fingerprint density at radius 3 is 2.14 bits per heavy atom. The van der Waals surface area contributed by atoms with Crippen LogP contribution in [0.25, 0.3) is 12.2 Å². The molecule has 1 saturated heterocycles. The van der Waals surface area contributed by atoms with Crippen LogP contribution in [-0.2, 0) is 9.59 Å². The Balaban J connectivity index is 0.00000280. The van der Waals surface area contributed by atoms with Crippen molar-refractivity contribution in [3.05, 3.63) is 56.9 Å². The van der Waals surface area contributed by atoms with E-state index < -0.39 is 0 Å². The highest BCUT2D eigenvalue weighted by molar-refractivity contribution is 7.11. The number of thiophene rings is 2. The molecule has 0 aliphatic carbocycles. The summed E-state index contributed by atoms with van der Waals surface area (Å²) in [7, 11) is 0. The number of halogens is 1. The van der Waals surface area contributed by atoms with Gasteiger partial charge in [-0.25, -0.2) is 0 Å². The monoisotopic (exact) mass is 437 g/mol. The van der Waals surface area contributed by atoms with E-state index in [0.29, 0.717) is 6.54 Å². The Labute approximate surface area is 179 Å². The fraction of sp³-hybridized carbons (Fsp3) is 0.300. The van der Waals surface area contributed by atoms with Gasteiger partial charge >= 0.3 is 0 Å². The Kier molecular flexibility index (Phi) is 9.43. The van der Waals surface area contributed by atoms with Crippen molar-refractivity contribution in [3.8, 4) is 0 Å². The van der Waals surface area contributed by atoms with Crippen molar-refractivity contribution < 1.29 is 9.59 Å². The standard InChI is InChI=1S/C20H23N3O2S2.ClH/c24-19(7-5-17-3-1-15-26-17)21-9-10-22-11-13-23(14-12-22)20(25)8-6-18-4-2-16-27-18;/h1-8,15-16H,9-14H2,(H,21,24);1H/b7-5+,8-6+;. The first-order valence-corrected chi connectivity index (χ1v) is 10.7. The van der Waals surface area contributed by atoms with Crippen LogP contribution in [0.2, 0.25) is 0 Å². The Bertz CT molecular complexity index is 778. The number of piperazine rings is 1. The van der Waals surface area contributed by atoms with Gasteiger partial charge in [0.2, 0.25) is 11.8 Å². The summed E-state index contributed by atoms with van der Waals surface area (Å²) in [6.45, 7) is 4.52. The summed E-state index contributed by atoms with van der Waals surface area (Å²) >= 11 is 3.23. The smallest absolute Gasteiger partial charge is 0.246 e. The first-order valence-electron chi connectivity index (χ1n) is 8.93. The van der Waals surface area contributed by atoms with Crippen molar-refractivity contribution in [1.29, 1.82) is 0 Å². The number of rotatable bonds is 7. The molecule has 0 radical (unpaired) electrons. The van der Waals surface area contributed by atoms with E-state index in [1.165, 1.54) is 0 Å². The van der Waals surface area contributed by atoms with Crippen LogP contribution in [0.5, 0.6) is 0 Å². The van der Waals surface area contributed by atoms with E-state index in [9.17, 15) is 9.59 Å². The normalized spacial score (nSPS) is 15.1. The van der Waals surface area contributed by atoms with Crippen LogP contribution in [0.3, 0.4) is 0 Å². The molecule has 1 fully saturated rings. The molecule has 2 aromatic heterocycles. The molecule has 8 heteroatoms. The molecule has 150 valence electrons. The van der Waals surface area contributed by atoms with Gasteiger partial charge in [0, 0.05) is 61.2 Å². The fourth-order valence-electron chi connectivity index (χ4n) is 2.78. The van der Waals surface area contributed by atoms with Gasteiger partial charge in [-0.15, -0.1) is 35.1 Å². The van der Waals surface area contributed by atoms with Crippen molar-refractivity contribution in [2.45, 2.75) is 0 Å². The van der Waals surface area contributed by atoms with E-state index in [-0.39, 0.29) is 24.2 Å². The Morgan fingerprint density at radius 2 is 1.57 bits per heavy atom. The van der Waals surface area contributed by atoms with Gasteiger partial charge in [0.15, 0.2) is 0 Å². The molecule has 0 bridgehead atoms. The second-order valence-electron chi connectivity index (χ2n) is 6.16. The van der Waals surface area contributed by atoms with Crippen LogP contribution in [0.1, 0.15) is 9.75 Å². The average Bonchev–Trinajstić information content (AvgIpc) is 3.39. The first kappa shape index (κ1) is 22.4. The van der Waals surface area contributed by atoms with Crippen molar-refractivity contribution >= 4 is 59.0 Å². The summed E-state index contributed by atoms with van der Waals surface area (Å²) in [5.74, 6) is -0.00834. The molecule has 2 aromatic rings. The number of nitrogens with one attached hydrogen (secondary N) is 1. The number of hydrogen-bond acceptors (Lipinski definition) is 5. The predicted molar refractivity (Wildman–Crippen MR) is 120 cm³/mol. The molecule has 0 saturated carbocycles. The van der Waals surface area contributed by atoms with Crippen LogP contribution in [-0.4, -0.2) is 60.9 Å². The molecule has 1 aliphatic rings. The molecule has 5 nitrogen and oxygen atoms in total. The van der Waals surface area contributed by atoms with E-state index >= 15 is 0 Å². The summed E-state index contributed by atoms with van der Waals surface area (Å²) in [6.07, 6.45) is 6.93. The summed E-state index contributed by atoms with van der Waals surface area (Å²) in [6, 6.07) is 7.91. The summed E-state index contributed by atoms with van der Waals surface area (Å²) in [4.78, 5) is 30.4. The Hall–Kier alpha value is -1.93. The zero-order chi connectivity index (χ0) is 18.9. The minimum atomic E-state index is -0.0732. The maximum Gasteiger partial charge on any atom is 0.246 e. The predicted octanol–water partition coefficient (Wildman–Crippen LogP) is 3.22. The third-order valence-electron chi connectivity index (χ3n) is 4.29. The molecular weight excluding hydrogens is 414 g/mol. The molecule has 28 heavy (non-hydrogen) atoms. The molecule has 1 aliphatic heterocycles. The maximum atomic E-state index is 12.2. The molecule has 2 amide bonds.